The highest BCUT2D eigenvalue weighted by atomic mass is 127. The van der Waals surface area contributed by atoms with Crippen LogP contribution >= 0.6 is 24.0 Å². The van der Waals surface area contributed by atoms with Crippen molar-refractivity contribution < 1.29 is 14.3 Å². The number of halogens is 1. The van der Waals surface area contributed by atoms with Crippen LogP contribution in [0.15, 0.2) is 4.99 Å². The zero-order chi connectivity index (χ0) is 15.8. The number of carbonyl (C=O) groups is 1. The number of amides is 1. The second kappa shape index (κ2) is 10.9. The molecule has 0 aliphatic carbocycles. The van der Waals surface area contributed by atoms with Crippen LogP contribution in [0.3, 0.4) is 0 Å². The third-order valence-corrected chi connectivity index (χ3v) is 4.13. The smallest absolute Gasteiger partial charge is 0.409 e. The summed E-state index contributed by atoms with van der Waals surface area (Å²) in [6.07, 6.45) is 5.07. The van der Waals surface area contributed by atoms with Gasteiger partial charge in [-0.25, -0.2) is 4.79 Å². The summed E-state index contributed by atoms with van der Waals surface area (Å²) in [5, 5.41) is 3.24. The van der Waals surface area contributed by atoms with Gasteiger partial charge in [0.1, 0.15) is 0 Å². The molecule has 0 aromatic heterocycles. The molecule has 0 radical (unpaired) electrons. The van der Waals surface area contributed by atoms with Crippen LogP contribution in [0, 0.1) is 0 Å². The van der Waals surface area contributed by atoms with Crippen molar-refractivity contribution in [2.45, 2.75) is 51.2 Å². The minimum Gasteiger partial charge on any atom is -0.450 e. The molecule has 8 heteroatoms. The monoisotopic (exact) mass is 440 g/mol. The van der Waals surface area contributed by atoms with Crippen molar-refractivity contribution in [3.05, 3.63) is 0 Å². The predicted molar refractivity (Wildman–Crippen MR) is 100 cm³/mol. The molecule has 0 saturated carbocycles. The summed E-state index contributed by atoms with van der Waals surface area (Å²) in [7, 11) is 0. The molecule has 3 N–H and O–H groups in total. The lowest BCUT2D eigenvalue weighted by atomic mass is 10.1. The molecule has 134 valence electrons. The van der Waals surface area contributed by atoms with Crippen LogP contribution in [0.2, 0.25) is 0 Å². The maximum atomic E-state index is 11.6. The average Bonchev–Trinajstić information content (AvgIpc) is 3.01. The molecule has 2 aliphatic heterocycles. The van der Waals surface area contributed by atoms with Crippen molar-refractivity contribution in [3.8, 4) is 0 Å². The molecule has 2 saturated heterocycles. The number of aliphatic imine (C=N–C) groups is 1. The first-order chi connectivity index (χ1) is 10.7. The van der Waals surface area contributed by atoms with E-state index in [4.69, 9.17) is 15.2 Å². The molecule has 23 heavy (non-hydrogen) atoms. The molecule has 2 fully saturated rings. The Morgan fingerprint density at radius 2 is 2.13 bits per heavy atom. The van der Waals surface area contributed by atoms with E-state index in [0.29, 0.717) is 38.3 Å². The van der Waals surface area contributed by atoms with Crippen molar-refractivity contribution in [3.63, 3.8) is 0 Å². The minimum atomic E-state index is -0.223. The lowest BCUT2D eigenvalue weighted by Crippen LogP contribution is -2.48. The van der Waals surface area contributed by atoms with Crippen LogP contribution in [0.1, 0.15) is 39.0 Å². The molecule has 2 aliphatic rings. The van der Waals surface area contributed by atoms with E-state index in [2.05, 4.69) is 10.3 Å². The van der Waals surface area contributed by atoms with Gasteiger partial charge in [-0.2, -0.15) is 0 Å². The quantitative estimate of drug-likeness (QED) is 0.386. The van der Waals surface area contributed by atoms with Crippen molar-refractivity contribution in [1.29, 1.82) is 0 Å². The molecule has 2 heterocycles. The lowest BCUT2D eigenvalue weighted by molar-refractivity contribution is 0.0963. The SMILES string of the molecule is CCOC(=O)N1CCC(NC(N)=NCCC2CCCO2)CC1.I. The maximum absolute atomic E-state index is 11.6. The van der Waals surface area contributed by atoms with E-state index >= 15 is 0 Å². The number of ether oxygens (including phenoxy) is 2. The molecule has 1 atom stereocenters. The number of rotatable bonds is 5. The van der Waals surface area contributed by atoms with E-state index in [1.165, 1.54) is 0 Å². The van der Waals surface area contributed by atoms with E-state index in [1.54, 1.807) is 4.90 Å². The normalized spacial score (nSPS) is 22.6. The highest BCUT2D eigenvalue weighted by Gasteiger charge is 2.23. The van der Waals surface area contributed by atoms with Gasteiger partial charge in [0, 0.05) is 32.3 Å². The van der Waals surface area contributed by atoms with Gasteiger partial charge in [0.15, 0.2) is 5.96 Å². The van der Waals surface area contributed by atoms with Gasteiger partial charge < -0.3 is 25.4 Å². The molecule has 1 amide bonds. The number of hydrogen-bond donors (Lipinski definition) is 2. The number of likely N-dealkylation sites (tertiary alicyclic amines) is 1. The number of guanidine groups is 1. The first kappa shape index (κ1) is 20.3. The Labute approximate surface area is 155 Å². The summed E-state index contributed by atoms with van der Waals surface area (Å²) in [5.41, 5.74) is 5.92. The largest absolute Gasteiger partial charge is 0.450 e. The van der Waals surface area contributed by atoms with Crippen molar-refractivity contribution in [2.24, 2.45) is 10.7 Å². The molecular formula is C15H29IN4O3. The van der Waals surface area contributed by atoms with Gasteiger partial charge >= 0.3 is 6.09 Å². The zero-order valence-corrected chi connectivity index (χ0v) is 16.2. The number of nitrogens with two attached hydrogens (primary N) is 1. The second-order valence-electron chi connectivity index (χ2n) is 5.80. The summed E-state index contributed by atoms with van der Waals surface area (Å²) in [4.78, 5) is 17.7. The molecule has 0 aromatic rings. The van der Waals surface area contributed by atoms with E-state index in [0.717, 1.165) is 38.7 Å². The Morgan fingerprint density at radius 3 is 2.74 bits per heavy atom. The molecule has 7 nitrogen and oxygen atoms in total. The number of piperidine rings is 1. The molecule has 1 unspecified atom stereocenters. The van der Waals surface area contributed by atoms with Gasteiger partial charge in [0.25, 0.3) is 0 Å². The fourth-order valence-corrected chi connectivity index (χ4v) is 2.88. The summed E-state index contributed by atoms with van der Waals surface area (Å²) < 4.78 is 10.6. The topological polar surface area (TPSA) is 89.2 Å². The van der Waals surface area contributed by atoms with Crippen LogP contribution in [0.25, 0.3) is 0 Å². The summed E-state index contributed by atoms with van der Waals surface area (Å²) in [6.45, 7) is 5.20. The summed E-state index contributed by atoms with van der Waals surface area (Å²) in [6, 6.07) is 0.275. The number of hydrogen-bond acceptors (Lipinski definition) is 4. The summed E-state index contributed by atoms with van der Waals surface area (Å²) in [5.74, 6) is 0.493. The van der Waals surface area contributed by atoms with Gasteiger partial charge in [-0.3, -0.25) is 4.99 Å². The van der Waals surface area contributed by atoms with Gasteiger partial charge in [0.2, 0.25) is 0 Å². The molecule has 2 rings (SSSR count). The molecular weight excluding hydrogens is 411 g/mol. The van der Waals surface area contributed by atoms with Gasteiger partial charge in [-0.05, 0) is 39.0 Å². The van der Waals surface area contributed by atoms with Crippen molar-refractivity contribution in [1.82, 2.24) is 10.2 Å². The van der Waals surface area contributed by atoms with Crippen molar-refractivity contribution >= 4 is 36.0 Å². The Balaban J connectivity index is 0.00000264. The fraction of sp³-hybridized carbons (Fsp3) is 0.867. The highest BCUT2D eigenvalue weighted by molar-refractivity contribution is 14.0. The zero-order valence-electron chi connectivity index (χ0n) is 13.8. The Kier molecular flexibility index (Phi) is 9.61. The summed E-state index contributed by atoms with van der Waals surface area (Å²) >= 11 is 0. The van der Waals surface area contributed by atoms with Crippen LogP contribution in [-0.2, 0) is 9.47 Å². The van der Waals surface area contributed by atoms with Crippen molar-refractivity contribution in [2.75, 3.05) is 32.8 Å². The first-order valence-electron chi connectivity index (χ1n) is 8.28. The third kappa shape index (κ3) is 7.11. The maximum Gasteiger partial charge on any atom is 0.409 e. The fourth-order valence-electron chi connectivity index (χ4n) is 2.88. The van der Waals surface area contributed by atoms with Crippen LogP contribution < -0.4 is 11.1 Å². The average molecular weight is 440 g/mol. The van der Waals surface area contributed by atoms with Crippen LogP contribution in [-0.4, -0.2) is 61.9 Å². The van der Waals surface area contributed by atoms with Crippen LogP contribution in [0.5, 0.6) is 0 Å². The van der Waals surface area contributed by atoms with Crippen LogP contribution in [0.4, 0.5) is 4.79 Å². The third-order valence-electron chi connectivity index (χ3n) is 4.13. The van der Waals surface area contributed by atoms with Gasteiger partial charge in [0.05, 0.1) is 12.7 Å². The van der Waals surface area contributed by atoms with Gasteiger partial charge in [-0.15, -0.1) is 24.0 Å². The highest BCUT2D eigenvalue weighted by Crippen LogP contribution is 2.15. The number of carbonyl (C=O) groups excluding carboxylic acids is 1. The Hall–Kier alpha value is -0.770. The van der Waals surface area contributed by atoms with E-state index < -0.39 is 0 Å². The Morgan fingerprint density at radius 1 is 1.39 bits per heavy atom. The molecule has 0 spiro atoms. The van der Waals surface area contributed by atoms with E-state index in [1.807, 2.05) is 6.92 Å². The molecule has 0 aromatic carbocycles. The first-order valence-corrected chi connectivity index (χ1v) is 8.28. The number of nitrogens with one attached hydrogen (secondary N) is 1. The predicted octanol–water partition coefficient (Wildman–Crippen LogP) is 1.70. The minimum absolute atomic E-state index is 0. The standard InChI is InChI=1S/C15H28N4O3.HI/c1-2-21-15(20)19-9-6-12(7-10-19)18-14(16)17-8-5-13-4-3-11-22-13;/h12-13H,2-11H2,1H3,(H3,16,17,18);1H. The number of nitrogens with zero attached hydrogens (tertiary/aromatic N) is 2. The van der Waals surface area contributed by atoms with Gasteiger partial charge in [-0.1, -0.05) is 0 Å². The second-order valence-corrected chi connectivity index (χ2v) is 5.80. The lowest BCUT2D eigenvalue weighted by Gasteiger charge is -2.31. The molecule has 0 bridgehead atoms. The Bertz CT molecular complexity index is 381. The van der Waals surface area contributed by atoms with E-state index in [9.17, 15) is 4.79 Å². The van der Waals surface area contributed by atoms with E-state index in [-0.39, 0.29) is 36.1 Å².